The molecular weight excluding hydrogens is 212 g/mol. The van der Waals surface area contributed by atoms with Crippen LogP contribution in [0.4, 0.5) is 5.69 Å². The quantitative estimate of drug-likeness (QED) is 0.844. The van der Waals surface area contributed by atoms with Crippen LogP contribution in [-0.4, -0.2) is 30.4 Å². The van der Waals surface area contributed by atoms with E-state index < -0.39 is 0 Å². The molecule has 1 fully saturated rings. The molecule has 0 aromatic heterocycles. The van der Waals surface area contributed by atoms with Crippen LogP contribution in [0.15, 0.2) is 24.3 Å². The molecule has 0 bridgehead atoms. The second kappa shape index (κ2) is 5.21. The molecule has 17 heavy (non-hydrogen) atoms. The van der Waals surface area contributed by atoms with Gasteiger partial charge < -0.3 is 10.2 Å². The van der Waals surface area contributed by atoms with Crippen LogP contribution >= 0.6 is 0 Å². The third kappa shape index (κ3) is 3.22. The Bertz CT molecular complexity index is 399. The average molecular weight is 232 g/mol. The Hall–Kier alpha value is -1.51. The highest BCUT2D eigenvalue weighted by molar-refractivity contribution is 5.81. The normalized spacial score (nSPS) is 14.5. The summed E-state index contributed by atoms with van der Waals surface area (Å²) in [7, 11) is 1.89. The van der Waals surface area contributed by atoms with Crippen molar-refractivity contribution in [3.63, 3.8) is 0 Å². The molecule has 0 atom stereocenters. The third-order valence-corrected chi connectivity index (χ3v) is 3.27. The number of hydrogen-bond acceptors (Lipinski definition) is 2. The summed E-state index contributed by atoms with van der Waals surface area (Å²) in [6, 6.07) is 8.72. The van der Waals surface area contributed by atoms with E-state index in [0.29, 0.717) is 12.6 Å². The minimum atomic E-state index is 0.175. The Kier molecular flexibility index (Phi) is 3.67. The molecule has 0 aliphatic heterocycles. The third-order valence-electron chi connectivity index (χ3n) is 3.27. The largest absolute Gasteiger partial charge is 0.376 e. The van der Waals surface area contributed by atoms with Gasteiger partial charge in [0.05, 0.1) is 6.54 Å². The lowest BCUT2D eigenvalue weighted by Gasteiger charge is -2.17. The molecule has 3 nitrogen and oxygen atoms in total. The van der Waals surface area contributed by atoms with Gasteiger partial charge in [-0.1, -0.05) is 19.1 Å². The number of carbonyl (C=O) groups is 1. The average Bonchev–Trinajstić information content (AvgIpc) is 3.19. The summed E-state index contributed by atoms with van der Waals surface area (Å²) in [5, 5.41) is 3.19. The zero-order valence-electron chi connectivity index (χ0n) is 10.6. The Morgan fingerprint density at radius 1 is 1.47 bits per heavy atom. The van der Waals surface area contributed by atoms with Crippen molar-refractivity contribution < 1.29 is 4.79 Å². The SMILES string of the molecule is CCc1cccc(NCC(=O)N(C)C2CC2)c1. The summed E-state index contributed by atoms with van der Waals surface area (Å²) in [5.41, 5.74) is 2.32. The predicted molar refractivity (Wildman–Crippen MR) is 70.1 cm³/mol. The Balaban J connectivity index is 1.85. The Labute approximate surface area is 103 Å². The molecule has 1 saturated carbocycles. The van der Waals surface area contributed by atoms with E-state index in [1.54, 1.807) is 0 Å². The Morgan fingerprint density at radius 3 is 2.88 bits per heavy atom. The van der Waals surface area contributed by atoms with Gasteiger partial charge in [-0.25, -0.2) is 0 Å². The Morgan fingerprint density at radius 2 is 2.24 bits per heavy atom. The molecule has 0 radical (unpaired) electrons. The van der Waals surface area contributed by atoms with Crippen LogP contribution in [0.3, 0.4) is 0 Å². The molecule has 1 aliphatic carbocycles. The zero-order valence-corrected chi connectivity index (χ0v) is 10.6. The number of anilines is 1. The highest BCUT2D eigenvalue weighted by atomic mass is 16.2. The van der Waals surface area contributed by atoms with E-state index in [1.165, 1.54) is 5.56 Å². The molecule has 1 aliphatic rings. The molecule has 3 heteroatoms. The van der Waals surface area contributed by atoms with Crippen LogP contribution in [-0.2, 0) is 11.2 Å². The van der Waals surface area contributed by atoms with Gasteiger partial charge in [0.2, 0.25) is 5.91 Å². The topological polar surface area (TPSA) is 32.3 Å². The fourth-order valence-corrected chi connectivity index (χ4v) is 1.87. The van der Waals surface area contributed by atoms with E-state index in [-0.39, 0.29) is 5.91 Å². The van der Waals surface area contributed by atoms with Crippen LogP contribution in [0.25, 0.3) is 0 Å². The number of likely N-dealkylation sites (N-methyl/N-ethyl adjacent to an activating group) is 1. The van der Waals surface area contributed by atoms with Gasteiger partial charge in [-0.15, -0.1) is 0 Å². The van der Waals surface area contributed by atoms with E-state index in [0.717, 1.165) is 24.9 Å². The minimum absolute atomic E-state index is 0.175. The summed E-state index contributed by atoms with van der Waals surface area (Å²) in [6.07, 6.45) is 3.34. The van der Waals surface area contributed by atoms with Gasteiger partial charge in [-0.3, -0.25) is 4.79 Å². The number of aryl methyl sites for hydroxylation is 1. The van der Waals surface area contributed by atoms with Crippen LogP contribution in [0.1, 0.15) is 25.3 Å². The lowest BCUT2D eigenvalue weighted by molar-refractivity contribution is -0.128. The first-order chi connectivity index (χ1) is 8.20. The van der Waals surface area contributed by atoms with E-state index in [9.17, 15) is 4.79 Å². The number of carbonyl (C=O) groups excluding carboxylic acids is 1. The van der Waals surface area contributed by atoms with Gasteiger partial charge >= 0.3 is 0 Å². The molecule has 0 saturated heterocycles. The van der Waals surface area contributed by atoms with E-state index in [1.807, 2.05) is 24.1 Å². The summed E-state index contributed by atoms with van der Waals surface area (Å²) in [4.78, 5) is 13.7. The molecule has 1 aromatic carbocycles. The molecule has 0 unspecified atom stereocenters. The van der Waals surface area contributed by atoms with Crippen molar-refractivity contribution in [2.24, 2.45) is 0 Å². The maximum Gasteiger partial charge on any atom is 0.241 e. The zero-order chi connectivity index (χ0) is 12.3. The van der Waals surface area contributed by atoms with Crippen molar-refractivity contribution >= 4 is 11.6 Å². The number of benzene rings is 1. The summed E-state index contributed by atoms with van der Waals surface area (Å²) in [5.74, 6) is 0.175. The minimum Gasteiger partial charge on any atom is -0.376 e. The molecule has 1 amide bonds. The van der Waals surface area contributed by atoms with E-state index >= 15 is 0 Å². The molecular formula is C14H20N2O. The predicted octanol–water partition coefficient (Wildman–Crippen LogP) is 2.28. The number of hydrogen-bond donors (Lipinski definition) is 1. The summed E-state index contributed by atoms with van der Waals surface area (Å²) < 4.78 is 0. The van der Waals surface area contributed by atoms with Crippen LogP contribution in [0.2, 0.25) is 0 Å². The van der Waals surface area contributed by atoms with Crippen molar-refractivity contribution in [1.29, 1.82) is 0 Å². The van der Waals surface area contributed by atoms with Gasteiger partial charge in [-0.05, 0) is 37.0 Å². The summed E-state index contributed by atoms with van der Waals surface area (Å²) in [6.45, 7) is 2.52. The standard InChI is InChI=1S/C14H20N2O/c1-3-11-5-4-6-12(9-11)15-10-14(17)16(2)13-7-8-13/h4-6,9,13,15H,3,7-8,10H2,1-2H3. The van der Waals surface area contributed by atoms with Gasteiger partial charge in [0.1, 0.15) is 0 Å². The van der Waals surface area contributed by atoms with Gasteiger partial charge in [-0.2, -0.15) is 0 Å². The number of nitrogens with zero attached hydrogens (tertiary/aromatic N) is 1. The maximum absolute atomic E-state index is 11.8. The number of rotatable bonds is 5. The second-order valence-corrected chi connectivity index (χ2v) is 4.64. The van der Waals surface area contributed by atoms with Gasteiger partial charge in [0.15, 0.2) is 0 Å². The van der Waals surface area contributed by atoms with Gasteiger partial charge in [0.25, 0.3) is 0 Å². The van der Waals surface area contributed by atoms with Crippen molar-refractivity contribution in [3.8, 4) is 0 Å². The molecule has 1 N–H and O–H groups in total. The summed E-state index contributed by atoms with van der Waals surface area (Å²) >= 11 is 0. The smallest absolute Gasteiger partial charge is 0.241 e. The lowest BCUT2D eigenvalue weighted by Crippen LogP contribution is -2.33. The first kappa shape index (κ1) is 12.0. The van der Waals surface area contributed by atoms with Gasteiger partial charge in [0, 0.05) is 18.8 Å². The van der Waals surface area contributed by atoms with Crippen LogP contribution in [0.5, 0.6) is 0 Å². The lowest BCUT2D eigenvalue weighted by atomic mass is 10.1. The molecule has 92 valence electrons. The fourth-order valence-electron chi connectivity index (χ4n) is 1.87. The van der Waals surface area contributed by atoms with E-state index in [4.69, 9.17) is 0 Å². The van der Waals surface area contributed by atoms with Crippen LogP contribution < -0.4 is 5.32 Å². The van der Waals surface area contributed by atoms with Crippen molar-refractivity contribution in [2.45, 2.75) is 32.2 Å². The van der Waals surface area contributed by atoms with Crippen molar-refractivity contribution in [2.75, 3.05) is 18.9 Å². The highest BCUT2D eigenvalue weighted by Gasteiger charge is 2.29. The first-order valence-corrected chi connectivity index (χ1v) is 6.29. The molecule has 0 spiro atoms. The monoisotopic (exact) mass is 232 g/mol. The van der Waals surface area contributed by atoms with Crippen molar-refractivity contribution in [3.05, 3.63) is 29.8 Å². The second-order valence-electron chi connectivity index (χ2n) is 4.64. The molecule has 0 heterocycles. The van der Waals surface area contributed by atoms with Crippen LogP contribution in [0, 0.1) is 0 Å². The number of nitrogens with one attached hydrogen (secondary N) is 1. The highest BCUT2D eigenvalue weighted by Crippen LogP contribution is 2.25. The fraction of sp³-hybridized carbons (Fsp3) is 0.500. The maximum atomic E-state index is 11.8. The first-order valence-electron chi connectivity index (χ1n) is 6.29. The van der Waals surface area contributed by atoms with E-state index in [2.05, 4.69) is 24.4 Å². The van der Waals surface area contributed by atoms with Crippen molar-refractivity contribution in [1.82, 2.24) is 4.90 Å². The molecule has 1 aromatic rings. The number of amides is 1. The molecule has 2 rings (SSSR count).